The molecule has 45 heavy (non-hydrogen) atoms. The van der Waals surface area contributed by atoms with Crippen LogP contribution in [0.2, 0.25) is 0 Å². The van der Waals surface area contributed by atoms with E-state index in [1.54, 1.807) is 18.2 Å². The van der Waals surface area contributed by atoms with Crippen LogP contribution in [0.1, 0.15) is 56.1 Å². The number of sulfonamides is 1. The minimum Gasteiger partial charge on any atom is -0.497 e. The van der Waals surface area contributed by atoms with Crippen molar-refractivity contribution >= 4 is 16.1 Å². The standard InChI is InChI=1S/C33H46N2O9S/c1-40-26-13-14-31-25(20-26)22-41-17-10-5-3-2-4-9-16-35(45(31,38)39)21-29(36)28(19-24-11-7-6-8-12-24)34-33(37)44-30-23-43-32-27(30)15-18-42-32/h6-8,11-14,20,27-30,32,36H,2-5,9-10,15-19,21-23H2,1H3,(H,34,37)/t27-,28-,29+,30-,32+/m0/s1. The van der Waals surface area contributed by atoms with Gasteiger partial charge in [-0.2, -0.15) is 4.31 Å². The number of nitrogens with one attached hydrogen (secondary N) is 1. The molecule has 0 radical (unpaired) electrons. The molecule has 2 aromatic carbocycles. The summed E-state index contributed by atoms with van der Waals surface area (Å²) in [6, 6.07) is 13.5. The van der Waals surface area contributed by atoms with Crippen molar-refractivity contribution < 1.29 is 42.0 Å². The highest BCUT2D eigenvalue weighted by molar-refractivity contribution is 7.89. The van der Waals surface area contributed by atoms with Gasteiger partial charge in [0.2, 0.25) is 10.0 Å². The van der Waals surface area contributed by atoms with Crippen molar-refractivity contribution in [3.63, 3.8) is 0 Å². The molecule has 2 N–H and O–H groups in total. The summed E-state index contributed by atoms with van der Waals surface area (Å²) in [6.45, 7) is 1.49. The molecule has 3 aliphatic heterocycles. The van der Waals surface area contributed by atoms with E-state index in [-0.39, 0.29) is 49.8 Å². The number of amides is 1. The van der Waals surface area contributed by atoms with Gasteiger partial charge >= 0.3 is 6.09 Å². The monoisotopic (exact) mass is 646 g/mol. The number of benzene rings is 2. The van der Waals surface area contributed by atoms with E-state index < -0.39 is 34.4 Å². The molecule has 0 unspecified atom stereocenters. The fourth-order valence-electron chi connectivity index (χ4n) is 6.23. The Morgan fingerprint density at radius 2 is 1.82 bits per heavy atom. The zero-order chi connectivity index (χ0) is 31.6. The van der Waals surface area contributed by atoms with Crippen LogP contribution in [0.3, 0.4) is 0 Å². The molecule has 248 valence electrons. The molecular weight excluding hydrogens is 600 g/mol. The number of methoxy groups -OCH3 is 1. The van der Waals surface area contributed by atoms with Gasteiger partial charge in [-0.3, -0.25) is 0 Å². The van der Waals surface area contributed by atoms with Gasteiger partial charge in [0.15, 0.2) is 6.29 Å². The first-order chi connectivity index (χ1) is 21.8. The molecule has 3 heterocycles. The van der Waals surface area contributed by atoms with E-state index >= 15 is 0 Å². The number of aliphatic hydroxyl groups is 1. The summed E-state index contributed by atoms with van der Waals surface area (Å²) in [5.41, 5.74) is 1.38. The molecule has 2 fully saturated rings. The van der Waals surface area contributed by atoms with Gasteiger partial charge in [-0.1, -0.05) is 56.0 Å². The second-order valence-corrected chi connectivity index (χ2v) is 13.9. The van der Waals surface area contributed by atoms with Crippen LogP contribution >= 0.6 is 0 Å². The quantitative estimate of drug-likeness (QED) is 0.437. The molecule has 0 saturated carbocycles. The zero-order valence-corrected chi connectivity index (χ0v) is 26.8. The van der Waals surface area contributed by atoms with Crippen molar-refractivity contribution in [3.8, 4) is 5.75 Å². The van der Waals surface area contributed by atoms with Gasteiger partial charge in [0.1, 0.15) is 11.9 Å². The Labute approximate surface area is 266 Å². The summed E-state index contributed by atoms with van der Waals surface area (Å²) >= 11 is 0. The lowest BCUT2D eigenvalue weighted by atomic mass is 10.0. The molecule has 0 bridgehead atoms. The predicted octanol–water partition coefficient (Wildman–Crippen LogP) is 4.02. The molecule has 5 rings (SSSR count). The summed E-state index contributed by atoms with van der Waals surface area (Å²) in [4.78, 5) is 13.3. The van der Waals surface area contributed by atoms with E-state index in [2.05, 4.69) is 5.32 Å². The summed E-state index contributed by atoms with van der Waals surface area (Å²) in [5.74, 6) is 0.505. The van der Waals surface area contributed by atoms with E-state index in [4.69, 9.17) is 23.7 Å². The molecule has 5 atom stereocenters. The number of fused-ring (bicyclic) bond motifs is 2. The first-order valence-electron chi connectivity index (χ1n) is 16.0. The Morgan fingerprint density at radius 3 is 2.62 bits per heavy atom. The van der Waals surface area contributed by atoms with Crippen LogP contribution in [-0.2, 0) is 42.0 Å². The molecule has 0 aliphatic carbocycles. The van der Waals surface area contributed by atoms with Gasteiger partial charge in [-0.05, 0) is 49.4 Å². The number of aliphatic hydroxyl groups excluding tert-OH is 1. The van der Waals surface area contributed by atoms with Crippen molar-refractivity contribution in [2.24, 2.45) is 5.92 Å². The number of rotatable bonds is 8. The Morgan fingerprint density at radius 1 is 1.04 bits per heavy atom. The molecule has 11 nitrogen and oxygen atoms in total. The number of ether oxygens (including phenoxy) is 5. The molecule has 3 aliphatic rings. The van der Waals surface area contributed by atoms with Crippen LogP contribution in [0.4, 0.5) is 4.79 Å². The molecular formula is C33H46N2O9S. The molecule has 2 aromatic rings. The maximum atomic E-state index is 14.2. The maximum Gasteiger partial charge on any atom is 0.407 e. The van der Waals surface area contributed by atoms with E-state index in [9.17, 15) is 18.3 Å². The van der Waals surface area contributed by atoms with E-state index in [1.165, 1.54) is 11.4 Å². The number of hydrogen-bond donors (Lipinski definition) is 2. The third-order valence-electron chi connectivity index (χ3n) is 8.79. The number of β-amino-alcohol motifs (C(OH)–C–C–N with tert-alkyl or cyclic N) is 1. The fourth-order valence-corrected chi connectivity index (χ4v) is 7.92. The second-order valence-electron chi connectivity index (χ2n) is 12.0. The first-order valence-corrected chi connectivity index (χ1v) is 17.5. The predicted molar refractivity (Wildman–Crippen MR) is 166 cm³/mol. The summed E-state index contributed by atoms with van der Waals surface area (Å²) in [6.07, 6.45) is 3.82. The highest BCUT2D eigenvalue weighted by atomic mass is 32.2. The van der Waals surface area contributed by atoms with Gasteiger partial charge in [0, 0.05) is 25.3 Å². The average molecular weight is 647 g/mol. The van der Waals surface area contributed by atoms with Crippen molar-refractivity contribution in [1.29, 1.82) is 0 Å². The second kappa shape index (κ2) is 16.2. The zero-order valence-electron chi connectivity index (χ0n) is 26.0. The Bertz CT molecular complexity index is 1340. The fraction of sp³-hybridized carbons (Fsp3) is 0.606. The molecule has 2 saturated heterocycles. The lowest BCUT2D eigenvalue weighted by molar-refractivity contribution is -0.0907. The molecule has 1 amide bonds. The number of nitrogens with zero attached hydrogens (tertiary/aromatic N) is 1. The van der Waals surface area contributed by atoms with Crippen LogP contribution in [0.5, 0.6) is 5.75 Å². The van der Waals surface area contributed by atoms with E-state index in [1.807, 2.05) is 30.3 Å². The van der Waals surface area contributed by atoms with Gasteiger partial charge in [0.25, 0.3) is 0 Å². The van der Waals surface area contributed by atoms with Crippen LogP contribution in [0, 0.1) is 5.92 Å². The highest BCUT2D eigenvalue weighted by Gasteiger charge is 2.44. The molecule has 0 aromatic heterocycles. The number of alkyl carbamates (subject to hydrolysis) is 1. The van der Waals surface area contributed by atoms with Crippen molar-refractivity contribution in [2.45, 2.75) is 87.4 Å². The summed E-state index contributed by atoms with van der Waals surface area (Å²) in [5, 5.41) is 14.5. The summed E-state index contributed by atoms with van der Waals surface area (Å²) < 4.78 is 58.0. The van der Waals surface area contributed by atoms with Gasteiger partial charge in [-0.25, -0.2) is 13.2 Å². The van der Waals surface area contributed by atoms with Crippen molar-refractivity contribution in [3.05, 3.63) is 59.7 Å². The number of carbonyl (C=O) groups is 1. The molecule has 0 spiro atoms. The number of carbonyl (C=O) groups excluding carboxylic acids is 1. The minimum atomic E-state index is -4.05. The first kappa shape index (κ1) is 33.6. The van der Waals surface area contributed by atoms with Gasteiger partial charge < -0.3 is 34.1 Å². The smallest absolute Gasteiger partial charge is 0.407 e. The lowest BCUT2D eigenvalue weighted by Gasteiger charge is -2.30. The summed E-state index contributed by atoms with van der Waals surface area (Å²) in [7, 11) is -2.52. The van der Waals surface area contributed by atoms with Crippen LogP contribution < -0.4 is 10.1 Å². The van der Waals surface area contributed by atoms with Gasteiger partial charge in [-0.15, -0.1) is 0 Å². The van der Waals surface area contributed by atoms with Crippen LogP contribution in [-0.4, -0.2) is 88.5 Å². The minimum absolute atomic E-state index is 0.0307. The average Bonchev–Trinajstić information content (AvgIpc) is 3.66. The van der Waals surface area contributed by atoms with Crippen LogP contribution in [0.15, 0.2) is 53.4 Å². The van der Waals surface area contributed by atoms with Crippen molar-refractivity contribution in [1.82, 2.24) is 9.62 Å². The van der Waals surface area contributed by atoms with Crippen molar-refractivity contribution in [2.75, 3.05) is 40.0 Å². The highest BCUT2D eigenvalue weighted by Crippen LogP contribution is 2.33. The Hall–Kier alpha value is -2.74. The number of hydrogen-bond acceptors (Lipinski definition) is 9. The largest absolute Gasteiger partial charge is 0.497 e. The SMILES string of the molecule is COc1ccc2c(c1)COCCCCCCCCN(C[C@@H](O)[C@H](Cc1ccccc1)NC(=O)O[C@H]1CO[C@H]3OCC[C@H]31)S2(=O)=O. The Balaban J connectivity index is 1.37. The third-order valence-corrected chi connectivity index (χ3v) is 10.8. The Kier molecular flexibility index (Phi) is 12.1. The van der Waals surface area contributed by atoms with Gasteiger partial charge in [0.05, 0.1) is 49.9 Å². The topological polar surface area (TPSA) is 133 Å². The lowest BCUT2D eigenvalue weighted by Crippen LogP contribution is -2.51. The normalized spacial score (nSPS) is 25.7. The van der Waals surface area contributed by atoms with Crippen LogP contribution in [0.25, 0.3) is 0 Å². The maximum absolute atomic E-state index is 14.2. The van der Waals surface area contributed by atoms with E-state index in [0.29, 0.717) is 30.9 Å². The molecule has 12 heteroatoms. The van der Waals surface area contributed by atoms with E-state index in [0.717, 1.165) is 44.1 Å². The third kappa shape index (κ3) is 8.96.